The van der Waals surface area contributed by atoms with Gasteiger partial charge in [-0.25, -0.2) is 13.1 Å². The van der Waals surface area contributed by atoms with Crippen LogP contribution in [-0.2, 0) is 19.6 Å². The van der Waals surface area contributed by atoms with E-state index < -0.39 is 20.9 Å². The minimum atomic E-state index is -3.69. The monoisotopic (exact) mass is 550 g/mol. The Labute approximate surface area is 225 Å². The summed E-state index contributed by atoms with van der Waals surface area (Å²) in [6, 6.07) is 13.8. The molecule has 0 saturated carbocycles. The Kier molecular flexibility index (Phi) is 8.25. The molecule has 1 fully saturated rings. The van der Waals surface area contributed by atoms with Gasteiger partial charge in [-0.2, -0.15) is 5.26 Å². The van der Waals surface area contributed by atoms with Crippen molar-refractivity contribution in [2.24, 2.45) is 0 Å². The summed E-state index contributed by atoms with van der Waals surface area (Å²) in [7, 11) is -3.69. The topological polar surface area (TPSA) is 165 Å². The summed E-state index contributed by atoms with van der Waals surface area (Å²) >= 11 is 0. The van der Waals surface area contributed by atoms with Crippen molar-refractivity contribution in [1.82, 2.24) is 4.72 Å². The molecule has 1 amide bonds. The van der Waals surface area contributed by atoms with Gasteiger partial charge in [0.15, 0.2) is 0 Å². The van der Waals surface area contributed by atoms with Crippen LogP contribution in [0.15, 0.2) is 63.4 Å². The van der Waals surface area contributed by atoms with Crippen LogP contribution in [-0.4, -0.2) is 38.5 Å². The molecule has 2 aromatic carbocycles. The zero-order chi connectivity index (χ0) is 28.2. The number of nitrogens with one attached hydrogen (secondary N) is 2. The maximum absolute atomic E-state index is 12.7. The van der Waals surface area contributed by atoms with E-state index in [2.05, 4.69) is 10.0 Å². The lowest BCUT2D eigenvalue weighted by atomic mass is 10.1. The normalized spacial score (nSPS) is 14.5. The highest BCUT2D eigenvalue weighted by atomic mass is 32.2. The van der Waals surface area contributed by atoms with Gasteiger partial charge in [-0.1, -0.05) is 0 Å². The van der Waals surface area contributed by atoms with Crippen molar-refractivity contribution in [2.45, 2.75) is 37.6 Å². The number of rotatable bonds is 8. The second kappa shape index (κ2) is 11.6. The lowest BCUT2D eigenvalue weighted by Crippen LogP contribution is -2.38. The van der Waals surface area contributed by atoms with Crippen molar-refractivity contribution in [1.29, 1.82) is 5.26 Å². The molecule has 11 nitrogen and oxygen atoms in total. The Bertz CT molecular complexity index is 1580. The lowest BCUT2D eigenvalue weighted by Gasteiger charge is -2.22. The number of hydrogen-bond acceptors (Lipinski definition) is 8. The van der Waals surface area contributed by atoms with Crippen LogP contribution in [0.2, 0.25) is 0 Å². The number of amides is 1. The fraction of sp³-hybridized carbons (Fsp3) is 0.259. The molecular weight excluding hydrogens is 524 g/mol. The fourth-order valence-electron chi connectivity index (χ4n) is 4.02. The van der Waals surface area contributed by atoms with Crippen LogP contribution in [0.5, 0.6) is 0 Å². The van der Waals surface area contributed by atoms with Gasteiger partial charge in [0.2, 0.25) is 10.0 Å². The Morgan fingerprint density at radius 2 is 1.77 bits per heavy atom. The Morgan fingerprint density at radius 1 is 1.10 bits per heavy atom. The molecule has 12 heteroatoms. The number of nitriles is 1. The van der Waals surface area contributed by atoms with Crippen LogP contribution in [0, 0.1) is 35.3 Å². The highest BCUT2D eigenvalue weighted by molar-refractivity contribution is 7.89. The van der Waals surface area contributed by atoms with Crippen LogP contribution in [0.25, 0.3) is 17.4 Å². The van der Waals surface area contributed by atoms with Crippen LogP contribution in [0.1, 0.15) is 29.7 Å². The van der Waals surface area contributed by atoms with Gasteiger partial charge in [-0.3, -0.25) is 14.9 Å². The van der Waals surface area contributed by atoms with Crippen molar-refractivity contribution in [2.75, 3.05) is 18.5 Å². The van der Waals surface area contributed by atoms with E-state index in [1.165, 1.54) is 30.3 Å². The largest absolute Gasteiger partial charge is 0.457 e. The van der Waals surface area contributed by atoms with Gasteiger partial charge in [-0.15, -0.1) is 0 Å². The molecule has 39 heavy (non-hydrogen) atoms. The second-order valence-electron chi connectivity index (χ2n) is 9.07. The zero-order valence-electron chi connectivity index (χ0n) is 21.3. The Morgan fingerprint density at radius 3 is 2.41 bits per heavy atom. The number of carbonyl (C=O) groups excluding carboxylic acids is 1. The Balaban J connectivity index is 1.49. The number of hydrogen-bond donors (Lipinski definition) is 2. The third-order valence-electron chi connectivity index (χ3n) is 6.33. The molecule has 2 N–H and O–H groups in total. The first-order valence-corrected chi connectivity index (χ1v) is 13.5. The van der Waals surface area contributed by atoms with Crippen LogP contribution >= 0.6 is 0 Å². The summed E-state index contributed by atoms with van der Waals surface area (Å²) in [5.41, 5.74) is 1.41. The summed E-state index contributed by atoms with van der Waals surface area (Å²) in [6.45, 7) is 4.51. The number of anilines is 1. The summed E-state index contributed by atoms with van der Waals surface area (Å²) in [6.07, 6.45) is 2.46. The number of nitrogens with zero attached hydrogens (tertiary/aromatic N) is 2. The first-order chi connectivity index (χ1) is 18.6. The van der Waals surface area contributed by atoms with Gasteiger partial charge in [0.25, 0.3) is 11.6 Å². The molecule has 3 aromatic rings. The van der Waals surface area contributed by atoms with E-state index in [-0.39, 0.29) is 33.6 Å². The molecule has 0 atom stereocenters. The van der Waals surface area contributed by atoms with E-state index in [1.807, 2.05) is 0 Å². The van der Waals surface area contributed by atoms with Crippen molar-refractivity contribution in [3.8, 4) is 17.4 Å². The molecule has 2 heterocycles. The van der Waals surface area contributed by atoms with Gasteiger partial charge in [0.05, 0.1) is 9.82 Å². The number of aryl methyl sites for hydroxylation is 2. The van der Waals surface area contributed by atoms with Gasteiger partial charge >= 0.3 is 0 Å². The minimum absolute atomic E-state index is 0.0178. The van der Waals surface area contributed by atoms with Crippen molar-refractivity contribution < 1.29 is 27.3 Å². The lowest BCUT2D eigenvalue weighted by molar-refractivity contribution is -0.384. The summed E-state index contributed by atoms with van der Waals surface area (Å²) < 4.78 is 39.1. The van der Waals surface area contributed by atoms with E-state index in [4.69, 9.17) is 9.15 Å². The highest BCUT2D eigenvalue weighted by Crippen LogP contribution is 2.29. The van der Waals surface area contributed by atoms with E-state index >= 15 is 0 Å². The van der Waals surface area contributed by atoms with Crippen molar-refractivity contribution >= 4 is 33.4 Å². The Hall–Kier alpha value is -4.31. The van der Waals surface area contributed by atoms with Gasteiger partial charge in [0, 0.05) is 37.0 Å². The van der Waals surface area contributed by atoms with Crippen LogP contribution in [0.3, 0.4) is 0 Å². The third kappa shape index (κ3) is 6.58. The molecule has 0 bridgehead atoms. The number of furan rings is 1. The highest BCUT2D eigenvalue weighted by Gasteiger charge is 2.23. The predicted octanol–water partition coefficient (Wildman–Crippen LogP) is 4.47. The first-order valence-electron chi connectivity index (χ1n) is 12.1. The molecule has 0 aliphatic carbocycles. The van der Waals surface area contributed by atoms with Gasteiger partial charge in [-0.05, 0) is 80.3 Å². The first kappa shape index (κ1) is 27.7. The average molecular weight is 551 g/mol. The number of nitro benzene ring substituents is 1. The van der Waals surface area contributed by atoms with Gasteiger partial charge in [0.1, 0.15) is 28.9 Å². The predicted molar refractivity (Wildman–Crippen MR) is 143 cm³/mol. The molecule has 0 radical (unpaired) electrons. The number of benzene rings is 2. The number of ether oxygens (including phenoxy) is 1. The average Bonchev–Trinajstić information content (AvgIpc) is 3.38. The van der Waals surface area contributed by atoms with Crippen molar-refractivity contribution in [3.05, 3.63) is 81.1 Å². The SMILES string of the molecule is Cc1cc(NC(=O)/C(C#N)=C/c2ccc(-c3ccc(S(=O)(=O)NC4CCOCC4)cc3)o2)c([N+](=O)[O-])cc1C. The molecule has 202 valence electrons. The molecular formula is C27H26N4O7S. The number of sulfonamides is 1. The fourth-order valence-corrected chi connectivity index (χ4v) is 5.32. The summed E-state index contributed by atoms with van der Waals surface area (Å²) in [5.74, 6) is -0.234. The maximum Gasteiger partial charge on any atom is 0.293 e. The standard InChI is InChI=1S/C27H26N4O7S/c1-17-13-24(25(31(33)34)14-18(17)2)29-27(32)20(16-28)15-22-5-8-26(38-22)19-3-6-23(7-4-19)39(35,36)30-21-9-11-37-12-10-21/h3-8,13-15,21,30H,9-12H2,1-2H3,(H,29,32)/b20-15+. The minimum Gasteiger partial charge on any atom is -0.457 e. The van der Waals surface area contributed by atoms with Crippen molar-refractivity contribution in [3.63, 3.8) is 0 Å². The quantitative estimate of drug-likeness (QED) is 0.179. The van der Waals surface area contributed by atoms with Crippen LogP contribution < -0.4 is 10.0 Å². The van der Waals surface area contributed by atoms with Gasteiger partial charge < -0.3 is 14.5 Å². The number of nitro groups is 1. The maximum atomic E-state index is 12.7. The smallest absolute Gasteiger partial charge is 0.293 e. The summed E-state index contributed by atoms with van der Waals surface area (Å²) in [4.78, 5) is 23.7. The molecule has 1 aliphatic rings. The van der Waals surface area contributed by atoms with E-state index in [9.17, 15) is 28.6 Å². The summed E-state index contributed by atoms with van der Waals surface area (Å²) in [5, 5.41) is 23.4. The van der Waals surface area contributed by atoms with Crippen LogP contribution in [0.4, 0.5) is 11.4 Å². The zero-order valence-corrected chi connectivity index (χ0v) is 22.1. The van der Waals surface area contributed by atoms with E-state index in [1.54, 1.807) is 44.2 Å². The third-order valence-corrected chi connectivity index (χ3v) is 7.86. The van der Waals surface area contributed by atoms with E-state index in [0.29, 0.717) is 42.9 Å². The molecule has 1 saturated heterocycles. The second-order valence-corrected chi connectivity index (χ2v) is 10.8. The molecule has 0 unspecified atom stereocenters. The molecule has 1 aliphatic heterocycles. The van der Waals surface area contributed by atoms with E-state index in [0.717, 1.165) is 5.56 Å². The molecule has 4 rings (SSSR count). The molecule has 1 aromatic heterocycles. The number of carbonyl (C=O) groups is 1. The molecule has 0 spiro atoms.